The monoisotopic (exact) mass is 399 g/mol. The van der Waals surface area contributed by atoms with E-state index in [2.05, 4.69) is 21.9 Å². The van der Waals surface area contributed by atoms with Crippen LogP contribution >= 0.6 is 0 Å². The largest absolute Gasteiger partial charge is 0.481 e. The Morgan fingerprint density at radius 1 is 1.28 bits per heavy atom. The summed E-state index contributed by atoms with van der Waals surface area (Å²) in [4.78, 5) is 24.1. The number of aromatic nitrogens is 4. The molecule has 2 aromatic heterocycles. The number of hydrogen-bond acceptors (Lipinski definition) is 7. The highest BCUT2D eigenvalue weighted by atomic mass is 16.5. The maximum atomic E-state index is 11.6. The number of anilines is 1. The third-order valence-corrected chi connectivity index (χ3v) is 4.83. The van der Waals surface area contributed by atoms with Gasteiger partial charge in [-0.05, 0) is 31.4 Å². The van der Waals surface area contributed by atoms with Gasteiger partial charge < -0.3 is 20.7 Å². The van der Waals surface area contributed by atoms with Crippen LogP contribution in [0.3, 0.4) is 0 Å². The first-order valence-electron chi connectivity index (χ1n) is 9.42. The number of carboxylic acid groups (broad SMARTS) is 1. The molecule has 0 spiro atoms. The molecule has 0 unspecified atom stereocenters. The SMILES string of the molecule is CCCCOc1nc(N)c2nc(O)n(Cc3cccc(C(C)(C)C(=O)O)c3)c2n1. The third-order valence-electron chi connectivity index (χ3n) is 4.83. The maximum Gasteiger partial charge on any atom is 0.320 e. The van der Waals surface area contributed by atoms with E-state index in [-0.39, 0.29) is 29.9 Å². The molecule has 0 saturated carbocycles. The van der Waals surface area contributed by atoms with Crippen LogP contribution < -0.4 is 10.5 Å². The third kappa shape index (κ3) is 4.08. The lowest BCUT2D eigenvalue weighted by Crippen LogP contribution is -2.28. The van der Waals surface area contributed by atoms with Crippen LogP contribution in [0.2, 0.25) is 0 Å². The number of carbonyl (C=O) groups is 1. The molecule has 1 aromatic carbocycles. The molecule has 0 aliphatic rings. The summed E-state index contributed by atoms with van der Waals surface area (Å²) in [5, 5.41) is 19.8. The van der Waals surface area contributed by atoms with E-state index in [9.17, 15) is 15.0 Å². The van der Waals surface area contributed by atoms with Crippen LogP contribution in [-0.2, 0) is 16.8 Å². The number of rotatable bonds is 8. The van der Waals surface area contributed by atoms with E-state index in [0.717, 1.165) is 18.4 Å². The number of ether oxygens (including phenoxy) is 1. The van der Waals surface area contributed by atoms with E-state index >= 15 is 0 Å². The number of nitrogens with two attached hydrogens (primary N) is 1. The number of nitrogen functional groups attached to an aromatic ring is 1. The number of hydrogen-bond donors (Lipinski definition) is 3. The fourth-order valence-corrected chi connectivity index (χ4v) is 2.87. The Balaban J connectivity index is 1.98. The second kappa shape index (κ2) is 7.94. The first-order chi connectivity index (χ1) is 13.7. The molecular weight excluding hydrogens is 374 g/mol. The summed E-state index contributed by atoms with van der Waals surface area (Å²) in [6, 6.07) is 7.07. The number of unbranched alkanes of at least 4 members (excludes halogenated alkanes) is 1. The summed E-state index contributed by atoms with van der Waals surface area (Å²) in [5.74, 6) is -0.795. The normalized spacial score (nSPS) is 11.7. The first kappa shape index (κ1) is 20.4. The van der Waals surface area contributed by atoms with E-state index in [1.54, 1.807) is 32.0 Å². The summed E-state index contributed by atoms with van der Waals surface area (Å²) in [6.07, 6.45) is 1.83. The Labute approximate surface area is 168 Å². The van der Waals surface area contributed by atoms with E-state index in [4.69, 9.17) is 10.5 Å². The molecule has 3 aromatic rings. The molecule has 0 radical (unpaired) electrons. The second-order valence-corrected chi connectivity index (χ2v) is 7.39. The van der Waals surface area contributed by atoms with E-state index in [0.29, 0.717) is 17.8 Å². The van der Waals surface area contributed by atoms with E-state index in [1.165, 1.54) is 4.57 Å². The van der Waals surface area contributed by atoms with Gasteiger partial charge in [-0.15, -0.1) is 0 Å². The van der Waals surface area contributed by atoms with Crippen LogP contribution in [0.1, 0.15) is 44.7 Å². The van der Waals surface area contributed by atoms with Gasteiger partial charge in [0.25, 0.3) is 6.01 Å². The number of benzene rings is 1. The molecule has 0 atom stereocenters. The second-order valence-electron chi connectivity index (χ2n) is 7.39. The standard InChI is InChI=1S/C20H25N5O4/c1-4-5-9-29-18-23-15(21)14-16(24-18)25(19(28)22-14)11-12-7-6-8-13(10-12)20(2,3)17(26)27/h6-8,10H,4-5,9,11H2,1-3H3,(H,22,28)(H,26,27)(H2,21,23,24). The zero-order valence-corrected chi connectivity index (χ0v) is 16.7. The van der Waals surface area contributed by atoms with Gasteiger partial charge in [0.1, 0.15) is 0 Å². The lowest BCUT2D eigenvalue weighted by molar-refractivity contribution is -0.142. The van der Waals surface area contributed by atoms with Gasteiger partial charge in [-0.3, -0.25) is 9.36 Å². The van der Waals surface area contributed by atoms with Crippen molar-refractivity contribution in [2.75, 3.05) is 12.3 Å². The molecule has 0 amide bonds. The summed E-state index contributed by atoms with van der Waals surface area (Å²) in [7, 11) is 0. The zero-order valence-electron chi connectivity index (χ0n) is 16.7. The van der Waals surface area contributed by atoms with Crippen LogP contribution in [0, 0.1) is 0 Å². The smallest absolute Gasteiger partial charge is 0.320 e. The Bertz CT molecular complexity index is 1040. The van der Waals surface area contributed by atoms with Crippen LogP contribution in [-0.4, -0.2) is 42.3 Å². The van der Waals surface area contributed by atoms with Gasteiger partial charge >= 0.3 is 12.0 Å². The van der Waals surface area contributed by atoms with Crippen molar-refractivity contribution >= 4 is 23.0 Å². The minimum Gasteiger partial charge on any atom is -0.481 e. The van der Waals surface area contributed by atoms with Crippen molar-refractivity contribution < 1.29 is 19.7 Å². The number of carboxylic acids is 1. The average molecular weight is 399 g/mol. The highest BCUT2D eigenvalue weighted by molar-refractivity contribution is 5.83. The van der Waals surface area contributed by atoms with Crippen molar-refractivity contribution in [3.8, 4) is 12.0 Å². The van der Waals surface area contributed by atoms with Gasteiger partial charge in [-0.2, -0.15) is 15.0 Å². The molecule has 4 N–H and O–H groups in total. The van der Waals surface area contributed by atoms with E-state index < -0.39 is 11.4 Å². The molecule has 0 aliphatic carbocycles. The van der Waals surface area contributed by atoms with Crippen LogP contribution in [0.15, 0.2) is 24.3 Å². The Kier molecular flexibility index (Phi) is 5.58. The minimum absolute atomic E-state index is 0.122. The number of nitrogens with zero attached hydrogens (tertiary/aromatic N) is 4. The van der Waals surface area contributed by atoms with Gasteiger partial charge in [-0.25, -0.2) is 0 Å². The molecule has 0 saturated heterocycles. The van der Waals surface area contributed by atoms with Gasteiger partial charge in [0.15, 0.2) is 17.0 Å². The minimum atomic E-state index is -1.04. The predicted molar refractivity (Wildman–Crippen MR) is 108 cm³/mol. The predicted octanol–water partition coefficient (Wildman–Crippen LogP) is 2.70. The van der Waals surface area contributed by atoms with Gasteiger partial charge in [0.2, 0.25) is 0 Å². The Hall–Kier alpha value is -3.36. The van der Waals surface area contributed by atoms with Crippen molar-refractivity contribution in [2.24, 2.45) is 0 Å². The van der Waals surface area contributed by atoms with Crippen LogP contribution in [0.4, 0.5) is 5.82 Å². The van der Waals surface area contributed by atoms with Gasteiger partial charge in [0.05, 0.1) is 18.6 Å². The first-order valence-corrected chi connectivity index (χ1v) is 9.42. The number of fused-ring (bicyclic) bond motifs is 1. The molecule has 9 nitrogen and oxygen atoms in total. The quantitative estimate of drug-likeness (QED) is 0.492. The fraction of sp³-hybridized carbons (Fsp3) is 0.400. The lowest BCUT2D eigenvalue weighted by Gasteiger charge is -2.20. The molecule has 29 heavy (non-hydrogen) atoms. The zero-order chi connectivity index (χ0) is 21.2. The lowest BCUT2D eigenvalue weighted by atomic mass is 9.84. The number of aromatic hydroxyl groups is 1. The molecule has 0 aliphatic heterocycles. The van der Waals surface area contributed by atoms with Crippen LogP contribution in [0.5, 0.6) is 12.0 Å². The highest BCUT2D eigenvalue weighted by Crippen LogP contribution is 2.28. The molecular formula is C20H25N5O4. The molecule has 9 heteroatoms. The van der Waals surface area contributed by atoms with Gasteiger partial charge in [-0.1, -0.05) is 37.6 Å². The van der Waals surface area contributed by atoms with Crippen molar-refractivity contribution in [2.45, 2.75) is 45.6 Å². The topological polar surface area (TPSA) is 136 Å². The van der Waals surface area contributed by atoms with Gasteiger partial charge in [0, 0.05) is 0 Å². The molecule has 3 rings (SSSR count). The molecule has 154 valence electrons. The summed E-state index contributed by atoms with van der Waals surface area (Å²) in [5.41, 5.74) is 7.01. The van der Waals surface area contributed by atoms with Crippen molar-refractivity contribution in [3.63, 3.8) is 0 Å². The summed E-state index contributed by atoms with van der Waals surface area (Å²) >= 11 is 0. The summed E-state index contributed by atoms with van der Waals surface area (Å²) in [6.45, 7) is 6.04. The maximum absolute atomic E-state index is 11.6. The van der Waals surface area contributed by atoms with Crippen molar-refractivity contribution in [3.05, 3.63) is 35.4 Å². The Morgan fingerprint density at radius 3 is 2.72 bits per heavy atom. The molecule has 0 bridgehead atoms. The number of aliphatic carboxylic acids is 1. The average Bonchev–Trinajstić information content (AvgIpc) is 2.98. The van der Waals surface area contributed by atoms with Crippen LogP contribution in [0.25, 0.3) is 11.2 Å². The summed E-state index contributed by atoms with van der Waals surface area (Å²) < 4.78 is 7.04. The highest BCUT2D eigenvalue weighted by Gasteiger charge is 2.29. The molecule has 0 fully saturated rings. The van der Waals surface area contributed by atoms with E-state index in [1.807, 2.05) is 6.07 Å². The number of imidazole rings is 1. The van der Waals surface area contributed by atoms with Crippen molar-refractivity contribution in [1.82, 2.24) is 19.5 Å². The molecule has 2 heterocycles. The van der Waals surface area contributed by atoms with Crippen molar-refractivity contribution in [1.29, 1.82) is 0 Å². The fourth-order valence-electron chi connectivity index (χ4n) is 2.87. The Morgan fingerprint density at radius 2 is 2.03 bits per heavy atom.